The van der Waals surface area contributed by atoms with Gasteiger partial charge in [0, 0.05) is 7.05 Å². The van der Waals surface area contributed by atoms with E-state index in [2.05, 4.69) is 10.1 Å². The van der Waals surface area contributed by atoms with Gasteiger partial charge in [-0.3, -0.25) is 14.5 Å². The maximum Gasteiger partial charge on any atom is 0.322 e. The molecule has 0 radical (unpaired) electrons. The number of esters is 1. The van der Waals surface area contributed by atoms with Crippen LogP contribution in [-0.2, 0) is 14.3 Å². The van der Waals surface area contributed by atoms with E-state index in [1.54, 1.807) is 25.9 Å². The third kappa shape index (κ3) is 3.89. The fourth-order valence-corrected chi connectivity index (χ4v) is 0.793. The monoisotopic (exact) mass is 188 g/mol. The molecule has 1 amide bonds. The second-order valence-corrected chi connectivity index (χ2v) is 2.79. The van der Waals surface area contributed by atoms with Crippen LogP contribution in [0.5, 0.6) is 0 Å². The summed E-state index contributed by atoms with van der Waals surface area (Å²) in [5, 5.41) is 2.47. The average molecular weight is 188 g/mol. The van der Waals surface area contributed by atoms with Gasteiger partial charge in [-0.05, 0) is 14.0 Å². The second-order valence-electron chi connectivity index (χ2n) is 2.79. The van der Waals surface area contributed by atoms with Crippen molar-refractivity contribution in [2.24, 2.45) is 0 Å². The molecule has 0 fully saturated rings. The molecule has 0 aromatic heterocycles. The predicted octanol–water partition coefficient (Wildman–Crippen LogP) is -0.774. The molecule has 0 rings (SSSR count). The molecule has 5 nitrogen and oxygen atoms in total. The number of amides is 1. The van der Waals surface area contributed by atoms with Crippen LogP contribution in [-0.4, -0.2) is 50.6 Å². The van der Waals surface area contributed by atoms with Crippen LogP contribution < -0.4 is 5.32 Å². The summed E-state index contributed by atoms with van der Waals surface area (Å²) in [6.45, 7) is 1.88. The lowest BCUT2D eigenvalue weighted by atomic mass is 10.3. The standard InChI is InChI=1S/C8H16N2O3/c1-6(8(12)13-4)10(3)5-7(11)9-2/h6H,5H2,1-4H3,(H,9,11). The van der Waals surface area contributed by atoms with Crippen molar-refractivity contribution in [1.29, 1.82) is 0 Å². The molecule has 0 saturated heterocycles. The van der Waals surface area contributed by atoms with Crippen LogP contribution in [0.15, 0.2) is 0 Å². The number of methoxy groups -OCH3 is 1. The van der Waals surface area contributed by atoms with Crippen molar-refractivity contribution in [1.82, 2.24) is 10.2 Å². The summed E-state index contributed by atoms with van der Waals surface area (Å²) in [5.74, 6) is -0.468. The molecule has 13 heavy (non-hydrogen) atoms. The zero-order chi connectivity index (χ0) is 10.4. The average Bonchev–Trinajstić information content (AvgIpc) is 2.14. The molecule has 5 heteroatoms. The molecule has 76 valence electrons. The zero-order valence-corrected chi connectivity index (χ0v) is 8.46. The summed E-state index contributed by atoms with van der Waals surface area (Å²) in [6, 6.07) is -0.401. The normalized spacial score (nSPS) is 12.4. The van der Waals surface area contributed by atoms with E-state index in [-0.39, 0.29) is 18.4 Å². The molecule has 0 saturated carbocycles. The van der Waals surface area contributed by atoms with Crippen LogP contribution in [0, 0.1) is 0 Å². The van der Waals surface area contributed by atoms with Crippen LogP contribution in [0.1, 0.15) is 6.92 Å². The van der Waals surface area contributed by atoms with Gasteiger partial charge in [0.1, 0.15) is 6.04 Å². The van der Waals surface area contributed by atoms with Gasteiger partial charge in [-0.15, -0.1) is 0 Å². The lowest BCUT2D eigenvalue weighted by Crippen LogP contribution is -2.42. The topological polar surface area (TPSA) is 58.6 Å². The second kappa shape index (κ2) is 5.53. The van der Waals surface area contributed by atoms with Crippen molar-refractivity contribution in [3.8, 4) is 0 Å². The van der Waals surface area contributed by atoms with Crippen molar-refractivity contribution in [2.75, 3.05) is 27.7 Å². The van der Waals surface area contributed by atoms with E-state index in [1.165, 1.54) is 7.11 Å². The zero-order valence-electron chi connectivity index (χ0n) is 8.46. The van der Waals surface area contributed by atoms with Gasteiger partial charge in [-0.25, -0.2) is 0 Å². The van der Waals surface area contributed by atoms with Crippen molar-refractivity contribution in [2.45, 2.75) is 13.0 Å². The lowest BCUT2D eigenvalue weighted by molar-refractivity contribution is -0.146. The Morgan fingerprint density at radius 2 is 2.08 bits per heavy atom. The Labute approximate surface area is 78.0 Å². The van der Waals surface area contributed by atoms with Gasteiger partial charge in [0.15, 0.2) is 0 Å². The minimum atomic E-state index is -0.401. The van der Waals surface area contributed by atoms with Crippen LogP contribution >= 0.6 is 0 Å². The Bertz CT molecular complexity index is 194. The first-order valence-electron chi connectivity index (χ1n) is 4.01. The Morgan fingerprint density at radius 1 is 1.54 bits per heavy atom. The van der Waals surface area contributed by atoms with Gasteiger partial charge < -0.3 is 10.1 Å². The van der Waals surface area contributed by atoms with Gasteiger partial charge in [0.25, 0.3) is 0 Å². The molecular weight excluding hydrogens is 172 g/mol. The highest BCUT2D eigenvalue weighted by molar-refractivity contribution is 5.79. The first-order valence-corrected chi connectivity index (χ1v) is 4.01. The predicted molar refractivity (Wildman–Crippen MR) is 48.2 cm³/mol. The summed E-state index contributed by atoms with van der Waals surface area (Å²) in [6.07, 6.45) is 0. The van der Waals surface area contributed by atoms with E-state index in [4.69, 9.17) is 0 Å². The SMILES string of the molecule is CNC(=O)CN(C)C(C)C(=O)OC. The number of hydrogen-bond donors (Lipinski definition) is 1. The number of nitrogens with one attached hydrogen (secondary N) is 1. The Kier molecular flexibility index (Phi) is 5.06. The molecular formula is C8H16N2O3. The van der Waals surface area contributed by atoms with Gasteiger partial charge in [-0.1, -0.05) is 0 Å². The smallest absolute Gasteiger partial charge is 0.322 e. The molecule has 0 bridgehead atoms. The van der Waals surface area contributed by atoms with Crippen molar-refractivity contribution in [3.63, 3.8) is 0 Å². The molecule has 0 aliphatic heterocycles. The Morgan fingerprint density at radius 3 is 2.46 bits per heavy atom. The van der Waals surface area contributed by atoms with Crippen LogP contribution in [0.4, 0.5) is 0 Å². The molecule has 0 aliphatic rings. The number of likely N-dealkylation sites (N-methyl/N-ethyl adjacent to an activating group) is 2. The minimum absolute atomic E-state index is 0.127. The van der Waals surface area contributed by atoms with E-state index >= 15 is 0 Å². The molecule has 1 N–H and O–H groups in total. The molecule has 0 spiro atoms. The van der Waals surface area contributed by atoms with E-state index in [0.717, 1.165) is 0 Å². The van der Waals surface area contributed by atoms with Crippen LogP contribution in [0.3, 0.4) is 0 Å². The van der Waals surface area contributed by atoms with Gasteiger partial charge in [-0.2, -0.15) is 0 Å². The highest BCUT2D eigenvalue weighted by atomic mass is 16.5. The van der Waals surface area contributed by atoms with E-state index in [1.807, 2.05) is 0 Å². The summed E-state index contributed by atoms with van der Waals surface area (Å²) >= 11 is 0. The molecule has 0 aliphatic carbocycles. The summed E-state index contributed by atoms with van der Waals surface area (Å²) in [5.41, 5.74) is 0. The number of ether oxygens (including phenoxy) is 1. The Hall–Kier alpha value is -1.10. The van der Waals surface area contributed by atoms with E-state index in [9.17, 15) is 9.59 Å². The molecule has 1 atom stereocenters. The number of nitrogens with zero attached hydrogens (tertiary/aromatic N) is 1. The van der Waals surface area contributed by atoms with Crippen LogP contribution in [0.2, 0.25) is 0 Å². The maximum atomic E-state index is 11.0. The quantitative estimate of drug-likeness (QED) is 0.588. The molecule has 1 unspecified atom stereocenters. The summed E-state index contributed by atoms with van der Waals surface area (Å²) in [4.78, 5) is 23.6. The minimum Gasteiger partial charge on any atom is -0.468 e. The van der Waals surface area contributed by atoms with E-state index in [0.29, 0.717) is 0 Å². The van der Waals surface area contributed by atoms with E-state index < -0.39 is 6.04 Å². The first-order chi connectivity index (χ1) is 6.02. The van der Waals surface area contributed by atoms with Crippen molar-refractivity contribution in [3.05, 3.63) is 0 Å². The first kappa shape index (κ1) is 11.9. The summed E-state index contributed by atoms with van der Waals surface area (Å²) in [7, 11) is 4.57. The van der Waals surface area contributed by atoms with Gasteiger partial charge in [0.05, 0.1) is 13.7 Å². The summed E-state index contributed by atoms with van der Waals surface area (Å²) < 4.78 is 4.54. The lowest BCUT2D eigenvalue weighted by Gasteiger charge is -2.21. The number of rotatable bonds is 4. The third-order valence-electron chi connectivity index (χ3n) is 1.88. The largest absolute Gasteiger partial charge is 0.468 e. The number of carbonyl (C=O) groups is 2. The molecule has 0 aromatic carbocycles. The number of hydrogen-bond acceptors (Lipinski definition) is 4. The fourth-order valence-electron chi connectivity index (χ4n) is 0.793. The highest BCUT2D eigenvalue weighted by Gasteiger charge is 2.19. The fraction of sp³-hybridized carbons (Fsp3) is 0.750. The van der Waals surface area contributed by atoms with Crippen molar-refractivity contribution >= 4 is 11.9 Å². The third-order valence-corrected chi connectivity index (χ3v) is 1.88. The molecule has 0 heterocycles. The highest BCUT2D eigenvalue weighted by Crippen LogP contribution is 1.96. The molecule has 0 aromatic rings. The number of carbonyl (C=O) groups excluding carboxylic acids is 2. The Balaban J connectivity index is 4.02. The van der Waals surface area contributed by atoms with Gasteiger partial charge >= 0.3 is 5.97 Å². The van der Waals surface area contributed by atoms with Gasteiger partial charge in [0.2, 0.25) is 5.91 Å². The maximum absolute atomic E-state index is 11.0. The van der Waals surface area contributed by atoms with Crippen molar-refractivity contribution < 1.29 is 14.3 Å². The van der Waals surface area contributed by atoms with Crippen LogP contribution in [0.25, 0.3) is 0 Å².